The van der Waals surface area contributed by atoms with E-state index >= 15 is 0 Å². The second-order valence-corrected chi connectivity index (χ2v) is 4.97. The van der Waals surface area contributed by atoms with Crippen molar-refractivity contribution in [2.24, 2.45) is 11.7 Å². The molecule has 4 nitrogen and oxygen atoms in total. The minimum atomic E-state index is -0.362. The van der Waals surface area contributed by atoms with Crippen LogP contribution in [0.3, 0.4) is 0 Å². The minimum absolute atomic E-state index is 0.0221. The molecular weight excluding hydrogens is 192 g/mol. The Hall–Kier alpha value is -0.610. The Morgan fingerprint density at radius 2 is 2.20 bits per heavy atom. The number of carbonyl (C=O) groups is 1. The lowest BCUT2D eigenvalue weighted by Gasteiger charge is -2.31. The maximum Gasteiger partial charge on any atom is 0.226 e. The van der Waals surface area contributed by atoms with E-state index < -0.39 is 0 Å². The lowest BCUT2D eigenvalue weighted by atomic mass is 9.94. The molecule has 4 heteroatoms. The molecule has 1 heterocycles. The van der Waals surface area contributed by atoms with E-state index in [9.17, 15) is 4.79 Å². The monoisotopic (exact) mass is 214 g/mol. The van der Waals surface area contributed by atoms with Gasteiger partial charge in [0.25, 0.3) is 0 Å². The molecule has 3 atom stereocenters. The normalized spacial score (nSPS) is 28.9. The number of carbonyl (C=O) groups excluding carboxylic acids is 1. The first-order valence-corrected chi connectivity index (χ1v) is 5.54. The highest BCUT2D eigenvalue weighted by Crippen LogP contribution is 2.21. The molecule has 0 aliphatic carbocycles. The largest absolute Gasteiger partial charge is 0.378 e. The zero-order valence-electron chi connectivity index (χ0n) is 10.0. The van der Waals surface area contributed by atoms with Crippen LogP contribution in [0.5, 0.6) is 0 Å². The average Bonchev–Trinajstić information content (AvgIpc) is 2.50. The smallest absolute Gasteiger partial charge is 0.226 e. The lowest BCUT2D eigenvalue weighted by Crippen LogP contribution is -2.56. The first kappa shape index (κ1) is 12.5. The van der Waals surface area contributed by atoms with Gasteiger partial charge in [-0.3, -0.25) is 4.79 Å². The minimum Gasteiger partial charge on any atom is -0.378 e. The number of rotatable bonds is 3. The number of hydrogen-bond donors (Lipinski definition) is 2. The van der Waals surface area contributed by atoms with E-state index in [4.69, 9.17) is 10.5 Å². The molecule has 1 saturated heterocycles. The van der Waals surface area contributed by atoms with Crippen molar-refractivity contribution < 1.29 is 9.53 Å². The summed E-state index contributed by atoms with van der Waals surface area (Å²) in [7, 11) is 0. The Morgan fingerprint density at radius 1 is 1.60 bits per heavy atom. The fourth-order valence-corrected chi connectivity index (χ4v) is 1.60. The van der Waals surface area contributed by atoms with Crippen LogP contribution < -0.4 is 11.1 Å². The predicted molar refractivity (Wildman–Crippen MR) is 59.4 cm³/mol. The Morgan fingerprint density at radius 3 is 2.60 bits per heavy atom. The van der Waals surface area contributed by atoms with Crippen LogP contribution in [0.1, 0.15) is 34.1 Å². The molecule has 3 unspecified atom stereocenters. The summed E-state index contributed by atoms with van der Waals surface area (Å²) in [5.74, 6) is 0.0327. The van der Waals surface area contributed by atoms with Crippen LogP contribution in [0.25, 0.3) is 0 Å². The quantitative estimate of drug-likeness (QED) is 0.725. The molecule has 1 amide bonds. The van der Waals surface area contributed by atoms with Crippen LogP contribution in [0.4, 0.5) is 0 Å². The molecule has 1 aliphatic rings. The highest BCUT2D eigenvalue weighted by molar-refractivity contribution is 5.80. The van der Waals surface area contributed by atoms with Gasteiger partial charge in [-0.05, 0) is 34.1 Å². The first-order chi connectivity index (χ1) is 6.84. The topological polar surface area (TPSA) is 64.3 Å². The fraction of sp³-hybridized carbons (Fsp3) is 0.909. The highest BCUT2D eigenvalue weighted by Gasteiger charge is 2.34. The maximum absolute atomic E-state index is 11.9. The Bertz CT molecular complexity index is 239. The van der Waals surface area contributed by atoms with Crippen LogP contribution in [-0.2, 0) is 9.53 Å². The third-order valence-electron chi connectivity index (χ3n) is 3.30. The molecule has 0 aromatic carbocycles. The highest BCUT2D eigenvalue weighted by atomic mass is 16.5. The van der Waals surface area contributed by atoms with Gasteiger partial charge in [0.15, 0.2) is 0 Å². The van der Waals surface area contributed by atoms with Crippen LogP contribution in [-0.4, -0.2) is 30.2 Å². The summed E-state index contributed by atoms with van der Waals surface area (Å²) >= 11 is 0. The fourth-order valence-electron chi connectivity index (χ4n) is 1.60. The SMILES string of the molecule is CC1OCCC1C(=O)NC(C)(C)C(C)N. The molecule has 15 heavy (non-hydrogen) atoms. The van der Waals surface area contributed by atoms with E-state index in [0.29, 0.717) is 6.61 Å². The summed E-state index contributed by atoms with van der Waals surface area (Å²) in [6.07, 6.45) is 0.830. The van der Waals surface area contributed by atoms with Crippen molar-refractivity contribution in [3.8, 4) is 0 Å². The van der Waals surface area contributed by atoms with Gasteiger partial charge in [0.05, 0.1) is 12.0 Å². The Balaban J connectivity index is 2.55. The summed E-state index contributed by atoms with van der Waals surface area (Å²) in [6.45, 7) is 8.40. The van der Waals surface area contributed by atoms with E-state index in [-0.39, 0.29) is 29.5 Å². The third-order valence-corrected chi connectivity index (χ3v) is 3.30. The summed E-state index contributed by atoms with van der Waals surface area (Å²) in [4.78, 5) is 11.9. The van der Waals surface area contributed by atoms with E-state index in [2.05, 4.69) is 5.32 Å². The summed E-state index contributed by atoms with van der Waals surface area (Å²) in [6, 6.07) is -0.0703. The maximum atomic E-state index is 11.9. The van der Waals surface area contributed by atoms with Crippen LogP contribution in [0.2, 0.25) is 0 Å². The van der Waals surface area contributed by atoms with E-state index in [1.165, 1.54) is 0 Å². The Labute approximate surface area is 91.5 Å². The first-order valence-electron chi connectivity index (χ1n) is 5.54. The molecule has 1 fully saturated rings. The van der Waals surface area contributed by atoms with Gasteiger partial charge in [0.2, 0.25) is 5.91 Å². The molecular formula is C11H22N2O2. The van der Waals surface area contributed by atoms with Crippen molar-refractivity contribution in [1.29, 1.82) is 0 Å². The van der Waals surface area contributed by atoms with Crippen molar-refractivity contribution in [3.63, 3.8) is 0 Å². The molecule has 0 bridgehead atoms. The predicted octanol–water partition coefficient (Wildman–Crippen LogP) is 0.653. The number of amides is 1. The van der Waals surface area contributed by atoms with Gasteiger partial charge in [0, 0.05) is 18.2 Å². The molecule has 0 aromatic rings. The standard InChI is InChI=1S/C11H22N2O2/c1-7-9(5-6-15-7)10(14)13-11(3,4)8(2)12/h7-9H,5-6,12H2,1-4H3,(H,13,14). The average molecular weight is 214 g/mol. The van der Waals surface area contributed by atoms with Gasteiger partial charge in [-0.1, -0.05) is 0 Å². The van der Waals surface area contributed by atoms with Crippen molar-refractivity contribution in [2.75, 3.05) is 6.61 Å². The molecule has 0 radical (unpaired) electrons. The van der Waals surface area contributed by atoms with Crippen molar-refractivity contribution in [3.05, 3.63) is 0 Å². The van der Waals surface area contributed by atoms with E-state index in [0.717, 1.165) is 6.42 Å². The number of nitrogens with two attached hydrogens (primary N) is 1. The van der Waals surface area contributed by atoms with Crippen molar-refractivity contribution >= 4 is 5.91 Å². The van der Waals surface area contributed by atoms with Gasteiger partial charge >= 0.3 is 0 Å². The summed E-state index contributed by atoms with van der Waals surface area (Å²) in [5.41, 5.74) is 5.44. The van der Waals surface area contributed by atoms with E-state index in [1.54, 1.807) is 0 Å². The van der Waals surface area contributed by atoms with Crippen LogP contribution in [0, 0.1) is 5.92 Å². The zero-order valence-corrected chi connectivity index (χ0v) is 10.0. The van der Waals surface area contributed by atoms with Crippen molar-refractivity contribution in [2.45, 2.75) is 51.8 Å². The van der Waals surface area contributed by atoms with Gasteiger partial charge in [-0.2, -0.15) is 0 Å². The summed E-state index contributed by atoms with van der Waals surface area (Å²) < 4.78 is 5.37. The van der Waals surface area contributed by atoms with Gasteiger partial charge in [-0.15, -0.1) is 0 Å². The number of nitrogens with one attached hydrogen (secondary N) is 1. The molecule has 0 aromatic heterocycles. The number of ether oxygens (including phenoxy) is 1. The Kier molecular flexibility index (Phi) is 3.73. The van der Waals surface area contributed by atoms with Gasteiger partial charge in [-0.25, -0.2) is 0 Å². The second kappa shape index (κ2) is 4.49. The van der Waals surface area contributed by atoms with Gasteiger partial charge in [0.1, 0.15) is 0 Å². The number of hydrogen-bond acceptors (Lipinski definition) is 3. The van der Waals surface area contributed by atoms with E-state index in [1.807, 2.05) is 27.7 Å². The molecule has 0 spiro atoms. The third kappa shape index (κ3) is 2.92. The molecule has 1 rings (SSSR count). The van der Waals surface area contributed by atoms with Crippen LogP contribution >= 0.6 is 0 Å². The van der Waals surface area contributed by atoms with Gasteiger partial charge < -0.3 is 15.8 Å². The zero-order chi connectivity index (χ0) is 11.6. The lowest BCUT2D eigenvalue weighted by molar-refractivity contribution is -0.128. The second-order valence-electron chi connectivity index (χ2n) is 4.97. The molecule has 3 N–H and O–H groups in total. The van der Waals surface area contributed by atoms with Crippen LogP contribution in [0.15, 0.2) is 0 Å². The van der Waals surface area contributed by atoms with Crippen molar-refractivity contribution in [1.82, 2.24) is 5.32 Å². The molecule has 1 aliphatic heterocycles. The molecule has 88 valence electrons. The molecule has 0 saturated carbocycles. The summed E-state index contributed by atoms with van der Waals surface area (Å²) in [5, 5.41) is 2.98.